The van der Waals surface area contributed by atoms with Gasteiger partial charge in [0.05, 0.1) is 5.56 Å². The summed E-state index contributed by atoms with van der Waals surface area (Å²) in [6.45, 7) is 0. The van der Waals surface area contributed by atoms with Gasteiger partial charge in [0.25, 0.3) is 5.91 Å². The SMILES string of the molecule is O=C(O)CCCC[C@@H](NC(=O)c1cccc(O)c1O)C(=O)O. The Labute approximate surface area is 126 Å². The third kappa shape index (κ3) is 4.97. The minimum atomic E-state index is -1.26. The van der Waals surface area contributed by atoms with Gasteiger partial charge in [-0.15, -0.1) is 0 Å². The van der Waals surface area contributed by atoms with Crippen LogP contribution in [0.25, 0.3) is 0 Å². The first-order chi connectivity index (χ1) is 10.3. The Kier molecular flexibility index (Phi) is 6.18. The van der Waals surface area contributed by atoms with Crippen LogP contribution in [0, 0.1) is 0 Å². The molecule has 0 aliphatic rings. The predicted octanol–water partition coefficient (Wildman–Crippen LogP) is 0.926. The normalized spacial score (nSPS) is 11.6. The molecule has 0 radical (unpaired) electrons. The Hall–Kier alpha value is -2.77. The lowest BCUT2D eigenvalue weighted by Crippen LogP contribution is -2.40. The van der Waals surface area contributed by atoms with Gasteiger partial charge in [-0.1, -0.05) is 12.5 Å². The van der Waals surface area contributed by atoms with Gasteiger partial charge < -0.3 is 25.7 Å². The van der Waals surface area contributed by atoms with E-state index in [1.165, 1.54) is 18.2 Å². The summed E-state index contributed by atoms with van der Waals surface area (Å²) in [5, 5.41) is 38.7. The Bertz CT molecular complexity index is 570. The number of hydrogen-bond donors (Lipinski definition) is 5. The van der Waals surface area contributed by atoms with E-state index in [-0.39, 0.29) is 18.4 Å². The number of phenols is 2. The fourth-order valence-electron chi connectivity index (χ4n) is 1.83. The molecule has 0 aromatic heterocycles. The van der Waals surface area contributed by atoms with Crippen LogP contribution >= 0.6 is 0 Å². The molecule has 0 aliphatic carbocycles. The number of carboxylic acid groups (broad SMARTS) is 2. The molecule has 0 unspecified atom stereocenters. The molecule has 1 aromatic carbocycles. The highest BCUT2D eigenvalue weighted by Crippen LogP contribution is 2.28. The lowest BCUT2D eigenvalue weighted by atomic mass is 10.1. The van der Waals surface area contributed by atoms with Crippen molar-refractivity contribution < 1.29 is 34.8 Å². The molecule has 1 amide bonds. The minimum Gasteiger partial charge on any atom is -0.504 e. The summed E-state index contributed by atoms with van der Waals surface area (Å²) in [5.74, 6) is -4.18. The summed E-state index contributed by atoms with van der Waals surface area (Å²) >= 11 is 0. The number of rotatable bonds is 8. The number of aromatic hydroxyl groups is 2. The van der Waals surface area contributed by atoms with E-state index >= 15 is 0 Å². The molecule has 0 saturated carbocycles. The average molecular weight is 311 g/mol. The molecule has 0 heterocycles. The van der Waals surface area contributed by atoms with Gasteiger partial charge in [-0.2, -0.15) is 0 Å². The summed E-state index contributed by atoms with van der Waals surface area (Å²) in [5.41, 5.74) is -0.239. The van der Waals surface area contributed by atoms with Crippen molar-refractivity contribution in [2.24, 2.45) is 0 Å². The van der Waals surface area contributed by atoms with Crippen molar-refractivity contribution in [3.63, 3.8) is 0 Å². The van der Waals surface area contributed by atoms with Crippen LogP contribution in [0.2, 0.25) is 0 Å². The Morgan fingerprint density at radius 2 is 1.77 bits per heavy atom. The molecular weight excluding hydrogens is 294 g/mol. The molecule has 0 bridgehead atoms. The van der Waals surface area contributed by atoms with E-state index in [1.54, 1.807) is 0 Å². The molecule has 1 aromatic rings. The van der Waals surface area contributed by atoms with Crippen LogP contribution in [0.3, 0.4) is 0 Å². The molecule has 0 saturated heterocycles. The fourth-order valence-corrected chi connectivity index (χ4v) is 1.83. The van der Waals surface area contributed by atoms with E-state index in [9.17, 15) is 24.6 Å². The van der Waals surface area contributed by atoms with Crippen molar-refractivity contribution in [2.75, 3.05) is 0 Å². The predicted molar refractivity (Wildman–Crippen MR) is 74.8 cm³/mol. The van der Waals surface area contributed by atoms with Crippen LogP contribution in [0.4, 0.5) is 0 Å². The number of para-hydroxylation sites is 1. The molecular formula is C14H17NO7. The third-order valence-electron chi connectivity index (χ3n) is 3.00. The number of unbranched alkanes of at least 4 members (excludes halogenated alkanes) is 1. The number of phenolic OH excluding ortho intramolecular Hbond substituents is 2. The van der Waals surface area contributed by atoms with E-state index in [2.05, 4.69) is 5.32 Å². The molecule has 1 rings (SSSR count). The van der Waals surface area contributed by atoms with Crippen LogP contribution < -0.4 is 5.32 Å². The Balaban J connectivity index is 2.66. The van der Waals surface area contributed by atoms with Crippen molar-refractivity contribution >= 4 is 17.8 Å². The molecule has 0 spiro atoms. The van der Waals surface area contributed by atoms with Crippen LogP contribution in [0.1, 0.15) is 36.0 Å². The maximum Gasteiger partial charge on any atom is 0.326 e. The van der Waals surface area contributed by atoms with E-state index < -0.39 is 35.4 Å². The Morgan fingerprint density at radius 1 is 1.09 bits per heavy atom. The first-order valence-electron chi connectivity index (χ1n) is 6.59. The molecule has 0 fully saturated rings. The van der Waals surface area contributed by atoms with Crippen molar-refractivity contribution in [3.8, 4) is 11.5 Å². The van der Waals surface area contributed by atoms with Gasteiger partial charge in [0, 0.05) is 6.42 Å². The summed E-state index contributed by atoms with van der Waals surface area (Å²) in [6, 6.07) is 2.57. The third-order valence-corrected chi connectivity index (χ3v) is 3.00. The second-order valence-electron chi connectivity index (χ2n) is 4.68. The fraction of sp³-hybridized carbons (Fsp3) is 0.357. The quantitative estimate of drug-likeness (QED) is 0.354. The first-order valence-corrected chi connectivity index (χ1v) is 6.59. The molecule has 22 heavy (non-hydrogen) atoms. The second kappa shape index (κ2) is 7.87. The monoisotopic (exact) mass is 311 g/mol. The maximum atomic E-state index is 11.9. The number of carbonyl (C=O) groups excluding carboxylic acids is 1. The molecule has 0 aliphatic heterocycles. The number of carboxylic acids is 2. The number of aliphatic carboxylic acids is 2. The zero-order chi connectivity index (χ0) is 16.7. The van der Waals surface area contributed by atoms with Gasteiger partial charge in [0.2, 0.25) is 0 Å². The summed E-state index contributed by atoms with van der Waals surface area (Å²) in [7, 11) is 0. The van der Waals surface area contributed by atoms with E-state index in [1.807, 2.05) is 0 Å². The van der Waals surface area contributed by atoms with Crippen molar-refractivity contribution in [3.05, 3.63) is 23.8 Å². The molecule has 8 nitrogen and oxygen atoms in total. The van der Waals surface area contributed by atoms with Crippen molar-refractivity contribution in [1.82, 2.24) is 5.32 Å². The molecule has 8 heteroatoms. The van der Waals surface area contributed by atoms with Gasteiger partial charge >= 0.3 is 11.9 Å². The van der Waals surface area contributed by atoms with Crippen LogP contribution in [-0.2, 0) is 9.59 Å². The highest BCUT2D eigenvalue weighted by Gasteiger charge is 2.22. The topological polar surface area (TPSA) is 144 Å². The summed E-state index contributed by atoms with van der Waals surface area (Å²) in [4.78, 5) is 33.4. The highest BCUT2D eigenvalue weighted by atomic mass is 16.4. The van der Waals surface area contributed by atoms with E-state index in [0.29, 0.717) is 12.8 Å². The lowest BCUT2D eigenvalue weighted by Gasteiger charge is -2.15. The van der Waals surface area contributed by atoms with Crippen molar-refractivity contribution in [2.45, 2.75) is 31.7 Å². The number of amides is 1. The zero-order valence-corrected chi connectivity index (χ0v) is 11.7. The maximum absolute atomic E-state index is 11.9. The minimum absolute atomic E-state index is 0.0634. The largest absolute Gasteiger partial charge is 0.504 e. The van der Waals surface area contributed by atoms with Gasteiger partial charge in [-0.3, -0.25) is 9.59 Å². The number of hydrogen-bond acceptors (Lipinski definition) is 5. The summed E-state index contributed by atoms with van der Waals surface area (Å²) in [6.07, 6.45) is 0.601. The first kappa shape index (κ1) is 17.3. The van der Waals surface area contributed by atoms with Crippen LogP contribution in [0.5, 0.6) is 11.5 Å². The van der Waals surface area contributed by atoms with Crippen LogP contribution in [-0.4, -0.2) is 44.3 Å². The van der Waals surface area contributed by atoms with Gasteiger partial charge in [-0.05, 0) is 25.0 Å². The average Bonchev–Trinajstić information content (AvgIpc) is 2.44. The van der Waals surface area contributed by atoms with Crippen LogP contribution in [0.15, 0.2) is 18.2 Å². The number of benzene rings is 1. The Morgan fingerprint density at radius 3 is 2.36 bits per heavy atom. The molecule has 120 valence electrons. The summed E-state index contributed by atoms with van der Waals surface area (Å²) < 4.78 is 0. The van der Waals surface area contributed by atoms with Crippen molar-refractivity contribution in [1.29, 1.82) is 0 Å². The molecule has 5 N–H and O–H groups in total. The number of nitrogens with one attached hydrogen (secondary N) is 1. The molecule has 1 atom stereocenters. The zero-order valence-electron chi connectivity index (χ0n) is 11.7. The van der Waals surface area contributed by atoms with Gasteiger partial charge in [0.15, 0.2) is 11.5 Å². The lowest BCUT2D eigenvalue weighted by molar-refractivity contribution is -0.139. The smallest absolute Gasteiger partial charge is 0.326 e. The van der Waals surface area contributed by atoms with E-state index in [4.69, 9.17) is 10.2 Å². The second-order valence-corrected chi connectivity index (χ2v) is 4.68. The standard InChI is InChI=1S/C14H17NO7/c16-10-6-3-4-8(12(10)19)13(20)15-9(14(21)22)5-1-2-7-11(17)18/h3-4,6,9,16,19H,1-2,5,7H2,(H,15,20)(H,17,18)(H,21,22)/t9-/m1/s1. The van der Waals surface area contributed by atoms with Gasteiger partial charge in [-0.25, -0.2) is 4.79 Å². The van der Waals surface area contributed by atoms with Gasteiger partial charge in [0.1, 0.15) is 6.04 Å². The highest BCUT2D eigenvalue weighted by molar-refractivity contribution is 5.99. The van der Waals surface area contributed by atoms with E-state index in [0.717, 1.165) is 0 Å². The number of carbonyl (C=O) groups is 3.